The molecule has 1 N–H and O–H groups in total. The van der Waals surface area contributed by atoms with E-state index in [0.717, 1.165) is 23.0 Å². The van der Waals surface area contributed by atoms with E-state index in [2.05, 4.69) is 29.4 Å². The lowest BCUT2D eigenvalue weighted by atomic mass is 10.2. The molecular weight excluding hydrogens is 198 g/mol. The van der Waals surface area contributed by atoms with E-state index in [1.54, 1.807) is 0 Å². The normalized spacial score (nSPS) is 12.8. The van der Waals surface area contributed by atoms with Crippen molar-refractivity contribution in [1.82, 2.24) is 10.2 Å². The lowest BCUT2D eigenvalue weighted by Crippen LogP contribution is -2.07. The number of hydrogen-bond donors (Lipinski definition) is 1. The van der Waals surface area contributed by atoms with Crippen LogP contribution in [-0.4, -0.2) is 23.3 Å². The van der Waals surface area contributed by atoms with Crippen molar-refractivity contribution in [2.24, 2.45) is 0 Å². The van der Waals surface area contributed by atoms with Gasteiger partial charge in [0.25, 0.3) is 0 Å². The van der Waals surface area contributed by atoms with E-state index in [9.17, 15) is 0 Å². The predicted octanol–water partition coefficient (Wildman–Crippen LogP) is 2.29. The van der Waals surface area contributed by atoms with E-state index in [0.29, 0.717) is 12.7 Å². The molecule has 0 fully saturated rings. The van der Waals surface area contributed by atoms with Gasteiger partial charge in [0.1, 0.15) is 11.6 Å². The monoisotopic (exact) mass is 215 g/mol. The second-order valence-corrected chi connectivity index (χ2v) is 4.22. The molecule has 0 aromatic carbocycles. The summed E-state index contributed by atoms with van der Waals surface area (Å²) >= 11 is 1.53. The van der Waals surface area contributed by atoms with E-state index in [1.807, 2.05) is 7.05 Å². The van der Waals surface area contributed by atoms with Crippen molar-refractivity contribution in [2.45, 2.75) is 39.4 Å². The molecule has 1 atom stereocenters. The Kier molecular flexibility index (Phi) is 4.82. The average molecular weight is 215 g/mol. The van der Waals surface area contributed by atoms with Gasteiger partial charge in [0.05, 0.1) is 6.10 Å². The summed E-state index contributed by atoms with van der Waals surface area (Å²) in [6.45, 7) is 4.81. The minimum Gasteiger partial charge on any atom is -0.371 e. The topological polar surface area (TPSA) is 47.0 Å². The van der Waals surface area contributed by atoms with Crippen molar-refractivity contribution >= 4 is 16.5 Å². The van der Waals surface area contributed by atoms with Crippen LogP contribution in [0.3, 0.4) is 0 Å². The van der Waals surface area contributed by atoms with Crippen LogP contribution >= 0.6 is 11.3 Å². The third-order valence-corrected chi connectivity index (χ3v) is 2.78. The Balaban J connectivity index is 2.30. The zero-order valence-corrected chi connectivity index (χ0v) is 9.73. The smallest absolute Gasteiger partial charge is 0.205 e. The molecule has 0 bridgehead atoms. The summed E-state index contributed by atoms with van der Waals surface area (Å²) in [5, 5.41) is 12.7. The summed E-state index contributed by atoms with van der Waals surface area (Å²) in [5.74, 6) is 0. The Morgan fingerprint density at radius 3 is 2.86 bits per heavy atom. The van der Waals surface area contributed by atoms with Crippen LogP contribution in [0.2, 0.25) is 0 Å². The van der Waals surface area contributed by atoms with Crippen molar-refractivity contribution < 1.29 is 4.74 Å². The summed E-state index contributed by atoms with van der Waals surface area (Å²) in [7, 11) is 1.84. The molecule has 0 aliphatic heterocycles. The maximum absolute atomic E-state index is 5.61. The molecule has 0 spiro atoms. The maximum atomic E-state index is 5.61. The van der Waals surface area contributed by atoms with Crippen molar-refractivity contribution in [3.8, 4) is 0 Å². The van der Waals surface area contributed by atoms with Gasteiger partial charge in [0, 0.05) is 7.05 Å². The van der Waals surface area contributed by atoms with Gasteiger partial charge in [-0.25, -0.2) is 0 Å². The molecule has 0 aliphatic carbocycles. The molecule has 0 saturated heterocycles. The lowest BCUT2D eigenvalue weighted by molar-refractivity contribution is 0.0468. The molecule has 1 unspecified atom stereocenters. The molecule has 14 heavy (non-hydrogen) atoms. The number of nitrogens with zero attached hydrogens (tertiary/aromatic N) is 2. The first-order chi connectivity index (χ1) is 6.76. The molecule has 0 aliphatic rings. The van der Waals surface area contributed by atoms with Gasteiger partial charge in [-0.05, 0) is 13.3 Å². The number of aromatic nitrogens is 2. The molecule has 1 aromatic heterocycles. The summed E-state index contributed by atoms with van der Waals surface area (Å²) < 4.78 is 5.61. The number of anilines is 1. The zero-order valence-electron chi connectivity index (χ0n) is 8.91. The molecule has 4 nitrogen and oxygen atoms in total. The quantitative estimate of drug-likeness (QED) is 0.791. The molecular formula is C9H17N3OS. The second kappa shape index (κ2) is 5.93. The van der Waals surface area contributed by atoms with Crippen LogP contribution in [0.15, 0.2) is 0 Å². The first kappa shape index (κ1) is 11.4. The minimum absolute atomic E-state index is 0.307. The van der Waals surface area contributed by atoms with Gasteiger partial charge < -0.3 is 10.1 Å². The second-order valence-electron chi connectivity index (χ2n) is 3.16. The lowest BCUT2D eigenvalue weighted by Gasteiger charge is -2.09. The Morgan fingerprint density at radius 1 is 1.50 bits per heavy atom. The highest BCUT2D eigenvalue weighted by Crippen LogP contribution is 2.16. The van der Waals surface area contributed by atoms with Crippen molar-refractivity contribution in [1.29, 1.82) is 0 Å². The largest absolute Gasteiger partial charge is 0.371 e. The van der Waals surface area contributed by atoms with E-state index in [4.69, 9.17) is 4.74 Å². The summed E-state index contributed by atoms with van der Waals surface area (Å²) in [6.07, 6.45) is 2.55. The molecule has 1 aromatic rings. The van der Waals surface area contributed by atoms with Crippen LogP contribution in [0.5, 0.6) is 0 Å². The zero-order chi connectivity index (χ0) is 10.4. The van der Waals surface area contributed by atoms with Crippen LogP contribution in [0.25, 0.3) is 0 Å². The molecule has 0 amide bonds. The molecule has 0 radical (unpaired) electrons. The number of nitrogens with one attached hydrogen (secondary N) is 1. The van der Waals surface area contributed by atoms with Gasteiger partial charge in [0.2, 0.25) is 5.13 Å². The third-order valence-electron chi connectivity index (χ3n) is 1.87. The van der Waals surface area contributed by atoms with E-state index in [1.165, 1.54) is 11.3 Å². The van der Waals surface area contributed by atoms with Crippen LogP contribution in [0, 0.1) is 0 Å². The fourth-order valence-electron chi connectivity index (χ4n) is 1.12. The Morgan fingerprint density at radius 2 is 2.29 bits per heavy atom. The van der Waals surface area contributed by atoms with Crippen molar-refractivity contribution in [3.05, 3.63) is 5.01 Å². The van der Waals surface area contributed by atoms with Crippen molar-refractivity contribution in [3.63, 3.8) is 0 Å². The van der Waals surface area contributed by atoms with Crippen LogP contribution in [0.4, 0.5) is 5.13 Å². The first-order valence-electron chi connectivity index (χ1n) is 4.88. The van der Waals surface area contributed by atoms with Gasteiger partial charge in [-0.2, -0.15) is 0 Å². The molecule has 1 heterocycles. The van der Waals surface area contributed by atoms with Gasteiger partial charge >= 0.3 is 0 Å². The highest BCUT2D eigenvalue weighted by Gasteiger charge is 2.05. The van der Waals surface area contributed by atoms with Gasteiger partial charge in [-0.15, -0.1) is 10.2 Å². The maximum Gasteiger partial charge on any atom is 0.205 e. The molecule has 0 saturated carbocycles. The average Bonchev–Trinajstić information content (AvgIpc) is 2.63. The number of ether oxygens (including phenoxy) is 1. The highest BCUT2D eigenvalue weighted by molar-refractivity contribution is 7.15. The standard InChI is InChI=1S/C9H17N3OS/c1-4-5-7(2)13-6-8-11-12-9(10-3)14-8/h7H,4-6H2,1-3H3,(H,10,12). The molecule has 80 valence electrons. The summed E-state index contributed by atoms with van der Waals surface area (Å²) in [6, 6.07) is 0. The molecule has 1 rings (SSSR count). The number of rotatable bonds is 6. The predicted molar refractivity (Wildman–Crippen MR) is 58.6 cm³/mol. The third kappa shape index (κ3) is 3.59. The highest BCUT2D eigenvalue weighted by atomic mass is 32.1. The summed E-state index contributed by atoms with van der Waals surface area (Å²) in [4.78, 5) is 0. The van der Waals surface area contributed by atoms with E-state index >= 15 is 0 Å². The Hall–Kier alpha value is -0.680. The van der Waals surface area contributed by atoms with Crippen molar-refractivity contribution in [2.75, 3.05) is 12.4 Å². The minimum atomic E-state index is 0.307. The van der Waals surface area contributed by atoms with Gasteiger partial charge in [-0.1, -0.05) is 24.7 Å². The van der Waals surface area contributed by atoms with Gasteiger partial charge in [0.15, 0.2) is 0 Å². The Labute approximate surface area is 88.7 Å². The fraction of sp³-hybridized carbons (Fsp3) is 0.778. The number of hydrogen-bond acceptors (Lipinski definition) is 5. The van der Waals surface area contributed by atoms with Crippen LogP contribution in [-0.2, 0) is 11.3 Å². The van der Waals surface area contributed by atoms with Gasteiger partial charge in [-0.3, -0.25) is 0 Å². The molecule has 5 heteroatoms. The Bertz CT molecular complexity index is 264. The van der Waals surface area contributed by atoms with Crippen LogP contribution in [0.1, 0.15) is 31.7 Å². The van der Waals surface area contributed by atoms with Crippen LogP contribution < -0.4 is 5.32 Å². The SMILES string of the molecule is CCCC(C)OCc1nnc(NC)s1. The fourth-order valence-corrected chi connectivity index (χ4v) is 1.73. The summed E-state index contributed by atoms with van der Waals surface area (Å²) in [5.41, 5.74) is 0. The van der Waals surface area contributed by atoms with E-state index in [-0.39, 0.29) is 0 Å². The first-order valence-corrected chi connectivity index (χ1v) is 5.69. The van der Waals surface area contributed by atoms with E-state index < -0.39 is 0 Å².